The Morgan fingerprint density at radius 3 is 1.47 bits per heavy atom. The number of hydrogen-bond donors (Lipinski definition) is 2. The third-order valence-electron chi connectivity index (χ3n) is 3.02. The summed E-state index contributed by atoms with van der Waals surface area (Å²) in [6.07, 6.45) is 6.89. The SMILES string of the molecule is CCCCCC(SC(CCCCC)C(=O)O)C(=O)O. The molecule has 112 valence electrons. The summed E-state index contributed by atoms with van der Waals surface area (Å²) in [5.41, 5.74) is 0. The van der Waals surface area contributed by atoms with E-state index in [9.17, 15) is 9.59 Å². The first-order valence-electron chi connectivity index (χ1n) is 7.13. The van der Waals surface area contributed by atoms with E-state index in [1.807, 2.05) is 0 Å². The van der Waals surface area contributed by atoms with Gasteiger partial charge < -0.3 is 10.2 Å². The Bertz CT molecular complexity index is 242. The van der Waals surface area contributed by atoms with E-state index in [0.717, 1.165) is 50.3 Å². The molecule has 0 bridgehead atoms. The first kappa shape index (κ1) is 18.3. The van der Waals surface area contributed by atoms with Crippen LogP contribution >= 0.6 is 11.8 Å². The quantitative estimate of drug-likeness (QED) is 0.535. The van der Waals surface area contributed by atoms with E-state index in [0.29, 0.717) is 12.8 Å². The Balaban J connectivity index is 4.31. The number of rotatable bonds is 12. The second-order valence-corrected chi connectivity index (χ2v) is 6.19. The van der Waals surface area contributed by atoms with E-state index in [2.05, 4.69) is 13.8 Å². The zero-order valence-electron chi connectivity index (χ0n) is 11.9. The number of carbonyl (C=O) groups is 2. The molecule has 4 nitrogen and oxygen atoms in total. The van der Waals surface area contributed by atoms with Crippen LogP contribution in [0.15, 0.2) is 0 Å². The van der Waals surface area contributed by atoms with Gasteiger partial charge in [-0.05, 0) is 12.8 Å². The summed E-state index contributed by atoms with van der Waals surface area (Å²) in [5, 5.41) is 17.1. The van der Waals surface area contributed by atoms with Crippen LogP contribution in [-0.4, -0.2) is 32.7 Å². The first-order chi connectivity index (χ1) is 9.02. The van der Waals surface area contributed by atoms with E-state index in [-0.39, 0.29) is 0 Å². The summed E-state index contributed by atoms with van der Waals surface area (Å²) in [6.45, 7) is 4.13. The third-order valence-corrected chi connectivity index (χ3v) is 4.55. The van der Waals surface area contributed by atoms with Crippen LogP contribution in [0.3, 0.4) is 0 Å². The maximum atomic E-state index is 11.2. The minimum Gasteiger partial charge on any atom is -0.480 e. The van der Waals surface area contributed by atoms with Crippen LogP contribution in [0.4, 0.5) is 0 Å². The average Bonchev–Trinajstić information content (AvgIpc) is 2.35. The van der Waals surface area contributed by atoms with Crippen LogP contribution in [0.1, 0.15) is 65.2 Å². The highest BCUT2D eigenvalue weighted by Crippen LogP contribution is 2.27. The molecule has 2 unspecified atom stereocenters. The third kappa shape index (κ3) is 8.92. The van der Waals surface area contributed by atoms with Crippen LogP contribution < -0.4 is 0 Å². The van der Waals surface area contributed by atoms with Gasteiger partial charge in [0.05, 0.1) is 0 Å². The van der Waals surface area contributed by atoms with Crippen molar-refractivity contribution in [2.45, 2.75) is 75.7 Å². The van der Waals surface area contributed by atoms with Crippen molar-refractivity contribution in [1.82, 2.24) is 0 Å². The summed E-state index contributed by atoms with van der Waals surface area (Å²) < 4.78 is 0. The van der Waals surface area contributed by atoms with Crippen molar-refractivity contribution >= 4 is 23.7 Å². The fourth-order valence-corrected chi connectivity index (χ4v) is 3.09. The molecule has 0 heterocycles. The van der Waals surface area contributed by atoms with Gasteiger partial charge in [-0.2, -0.15) is 0 Å². The number of thioether (sulfide) groups is 1. The highest BCUT2D eigenvalue weighted by molar-refractivity contribution is 8.01. The highest BCUT2D eigenvalue weighted by atomic mass is 32.2. The Morgan fingerprint density at radius 2 is 1.21 bits per heavy atom. The monoisotopic (exact) mass is 290 g/mol. The van der Waals surface area contributed by atoms with Crippen LogP contribution in [0.2, 0.25) is 0 Å². The molecule has 5 heteroatoms. The Labute approximate surface area is 120 Å². The maximum Gasteiger partial charge on any atom is 0.316 e. The van der Waals surface area contributed by atoms with Gasteiger partial charge in [0.15, 0.2) is 0 Å². The molecular weight excluding hydrogens is 264 g/mol. The van der Waals surface area contributed by atoms with Crippen LogP contribution in [0.5, 0.6) is 0 Å². The lowest BCUT2D eigenvalue weighted by molar-refractivity contribution is -0.136. The predicted octanol–water partition coefficient (Wildman–Crippen LogP) is 3.79. The Morgan fingerprint density at radius 1 is 0.842 bits per heavy atom. The fraction of sp³-hybridized carbons (Fsp3) is 0.857. The molecule has 0 aliphatic heterocycles. The molecule has 0 radical (unpaired) electrons. The van der Waals surface area contributed by atoms with Crippen molar-refractivity contribution in [2.24, 2.45) is 0 Å². The molecule has 0 fully saturated rings. The first-order valence-corrected chi connectivity index (χ1v) is 8.08. The van der Waals surface area contributed by atoms with Crippen LogP contribution in [0, 0.1) is 0 Å². The second-order valence-electron chi connectivity index (χ2n) is 4.78. The van der Waals surface area contributed by atoms with Crippen molar-refractivity contribution in [3.63, 3.8) is 0 Å². The molecule has 2 atom stereocenters. The van der Waals surface area contributed by atoms with Gasteiger partial charge in [-0.15, -0.1) is 11.8 Å². The topological polar surface area (TPSA) is 74.6 Å². The molecule has 0 amide bonds. The van der Waals surface area contributed by atoms with Gasteiger partial charge in [-0.3, -0.25) is 9.59 Å². The van der Waals surface area contributed by atoms with Gasteiger partial charge in [0, 0.05) is 0 Å². The molecule has 19 heavy (non-hydrogen) atoms. The van der Waals surface area contributed by atoms with Gasteiger partial charge in [0.1, 0.15) is 10.5 Å². The minimum atomic E-state index is -0.886. The Kier molecular flexibility index (Phi) is 10.7. The second kappa shape index (κ2) is 11.1. The predicted molar refractivity (Wildman–Crippen MR) is 78.7 cm³/mol. The van der Waals surface area contributed by atoms with E-state index >= 15 is 0 Å². The van der Waals surface area contributed by atoms with Crippen molar-refractivity contribution in [3.8, 4) is 0 Å². The van der Waals surface area contributed by atoms with Crippen molar-refractivity contribution in [2.75, 3.05) is 0 Å². The van der Waals surface area contributed by atoms with Gasteiger partial charge >= 0.3 is 11.9 Å². The van der Waals surface area contributed by atoms with Gasteiger partial charge in [-0.1, -0.05) is 52.4 Å². The number of unbranched alkanes of at least 4 members (excludes halogenated alkanes) is 4. The van der Waals surface area contributed by atoms with E-state index in [1.54, 1.807) is 0 Å². The lowest BCUT2D eigenvalue weighted by atomic mass is 10.1. The van der Waals surface area contributed by atoms with Crippen molar-refractivity contribution < 1.29 is 19.8 Å². The Hall–Kier alpha value is -0.710. The minimum absolute atomic E-state index is 0.561. The fourth-order valence-electron chi connectivity index (χ4n) is 1.86. The molecule has 0 aromatic carbocycles. The summed E-state index contributed by atoms with van der Waals surface area (Å²) >= 11 is 1.11. The van der Waals surface area contributed by atoms with Crippen molar-refractivity contribution in [1.29, 1.82) is 0 Å². The summed E-state index contributed by atoms with van der Waals surface area (Å²) in [7, 11) is 0. The summed E-state index contributed by atoms with van der Waals surface area (Å²) in [6, 6.07) is 0. The molecule has 0 saturated heterocycles. The zero-order chi connectivity index (χ0) is 14.7. The van der Waals surface area contributed by atoms with E-state index in [4.69, 9.17) is 10.2 Å². The average molecular weight is 290 g/mol. The number of aliphatic carboxylic acids is 2. The van der Waals surface area contributed by atoms with Crippen molar-refractivity contribution in [3.05, 3.63) is 0 Å². The largest absolute Gasteiger partial charge is 0.480 e. The van der Waals surface area contributed by atoms with Crippen LogP contribution in [0.25, 0.3) is 0 Å². The lowest BCUT2D eigenvalue weighted by Crippen LogP contribution is -2.25. The molecule has 0 saturated carbocycles. The van der Waals surface area contributed by atoms with Gasteiger partial charge in [0.2, 0.25) is 0 Å². The normalized spacial score (nSPS) is 14.0. The van der Waals surface area contributed by atoms with Crippen LogP contribution in [-0.2, 0) is 9.59 Å². The van der Waals surface area contributed by atoms with E-state index in [1.165, 1.54) is 0 Å². The standard InChI is InChI=1S/C14H26O4S/c1-3-5-7-9-11(13(15)16)19-12(14(17)18)10-8-6-4-2/h11-12H,3-10H2,1-2H3,(H,15,16)(H,17,18). The zero-order valence-corrected chi connectivity index (χ0v) is 12.7. The van der Waals surface area contributed by atoms with Gasteiger partial charge in [-0.25, -0.2) is 0 Å². The molecule has 0 aliphatic carbocycles. The highest BCUT2D eigenvalue weighted by Gasteiger charge is 2.26. The smallest absolute Gasteiger partial charge is 0.316 e. The number of carboxylic acid groups (broad SMARTS) is 2. The molecule has 2 N–H and O–H groups in total. The molecular formula is C14H26O4S. The summed E-state index contributed by atoms with van der Waals surface area (Å²) in [5.74, 6) is -1.77. The van der Waals surface area contributed by atoms with E-state index < -0.39 is 22.4 Å². The molecule has 0 rings (SSSR count). The number of hydrogen-bond acceptors (Lipinski definition) is 3. The summed E-state index contributed by atoms with van der Waals surface area (Å²) in [4.78, 5) is 22.3. The number of carboxylic acids is 2. The molecule has 0 aromatic heterocycles. The lowest BCUT2D eigenvalue weighted by Gasteiger charge is -2.17. The maximum absolute atomic E-state index is 11.2. The molecule has 0 aliphatic rings. The molecule has 0 spiro atoms. The van der Waals surface area contributed by atoms with Gasteiger partial charge in [0.25, 0.3) is 0 Å². The molecule has 0 aromatic rings.